The zero-order chi connectivity index (χ0) is 20.3. The van der Waals surface area contributed by atoms with E-state index in [1.54, 1.807) is 6.26 Å². The molecule has 8 nitrogen and oxygen atoms in total. The van der Waals surface area contributed by atoms with Crippen LogP contribution in [0.2, 0.25) is 0 Å². The molecule has 11 heteroatoms. The lowest BCUT2D eigenvalue weighted by molar-refractivity contribution is -0.192. The third-order valence-electron chi connectivity index (χ3n) is 4.66. The van der Waals surface area contributed by atoms with E-state index in [0.29, 0.717) is 17.8 Å². The van der Waals surface area contributed by atoms with E-state index in [1.165, 1.54) is 0 Å². The van der Waals surface area contributed by atoms with Crippen LogP contribution in [0.15, 0.2) is 27.3 Å². The van der Waals surface area contributed by atoms with Gasteiger partial charge in [0.2, 0.25) is 0 Å². The Labute approximate surface area is 158 Å². The average Bonchev–Trinajstić information content (AvgIpc) is 3.36. The SMILES string of the molecule is Cc1noc([C@@H]2CC[C@@H]3[C@@H](CCN3Cc3ccco3)O2)n1.O=C(O)C(F)(F)F. The molecule has 2 aromatic heterocycles. The van der Waals surface area contributed by atoms with Gasteiger partial charge in [-0.05, 0) is 38.3 Å². The highest BCUT2D eigenvalue weighted by atomic mass is 19.4. The van der Waals surface area contributed by atoms with Crippen molar-refractivity contribution in [3.8, 4) is 0 Å². The third-order valence-corrected chi connectivity index (χ3v) is 4.66. The summed E-state index contributed by atoms with van der Waals surface area (Å²) in [7, 11) is 0. The molecule has 0 aromatic carbocycles. The second-order valence-corrected chi connectivity index (χ2v) is 6.63. The fourth-order valence-corrected chi connectivity index (χ4v) is 3.44. The first kappa shape index (κ1) is 20.3. The Hall–Kier alpha value is -2.40. The molecule has 0 radical (unpaired) electrons. The highest BCUT2D eigenvalue weighted by Crippen LogP contribution is 2.38. The van der Waals surface area contributed by atoms with Crippen molar-refractivity contribution in [2.75, 3.05) is 6.54 Å². The molecule has 3 atom stereocenters. The van der Waals surface area contributed by atoms with E-state index in [-0.39, 0.29) is 12.2 Å². The Morgan fingerprint density at radius 2 is 2.11 bits per heavy atom. The van der Waals surface area contributed by atoms with Gasteiger partial charge in [-0.2, -0.15) is 18.2 Å². The summed E-state index contributed by atoms with van der Waals surface area (Å²) in [5.41, 5.74) is 0. The maximum Gasteiger partial charge on any atom is 0.490 e. The summed E-state index contributed by atoms with van der Waals surface area (Å²) >= 11 is 0. The Morgan fingerprint density at radius 1 is 1.36 bits per heavy atom. The minimum absolute atomic E-state index is 0.0454. The molecule has 2 aliphatic rings. The van der Waals surface area contributed by atoms with Crippen molar-refractivity contribution >= 4 is 5.97 Å². The van der Waals surface area contributed by atoms with Crippen molar-refractivity contribution < 1.29 is 36.7 Å². The Kier molecular flexibility index (Phi) is 6.04. The van der Waals surface area contributed by atoms with Crippen LogP contribution in [0, 0.1) is 6.92 Å². The summed E-state index contributed by atoms with van der Waals surface area (Å²) in [6, 6.07) is 4.44. The first-order chi connectivity index (χ1) is 13.2. The van der Waals surface area contributed by atoms with Crippen LogP contribution in [0.4, 0.5) is 13.2 Å². The lowest BCUT2D eigenvalue weighted by atomic mass is 9.99. The van der Waals surface area contributed by atoms with E-state index in [2.05, 4.69) is 15.0 Å². The molecule has 0 spiro atoms. The number of fused-ring (bicyclic) bond motifs is 1. The van der Waals surface area contributed by atoms with Gasteiger partial charge in [-0.3, -0.25) is 4.90 Å². The number of ether oxygens (including phenoxy) is 1. The van der Waals surface area contributed by atoms with Crippen LogP contribution in [0.1, 0.15) is 42.8 Å². The summed E-state index contributed by atoms with van der Waals surface area (Å²) in [4.78, 5) is 15.6. The van der Waals surface area contributed by atoms with Crippen LogP contribution in [0.25, 0.3) is 0 Å². The van der Waals surface area contributed by atoms with E-state index in [9.17, 15) is 13.2 Å². The molecule has 0 unspecified atom stereocenters. The number of carboxylic acid groups (broad SMARTS) is 1. The molecule has 4 rings (SSSR count). The van der Waals surface area contributed by atoms with Crippen LogP contribution in [0.5, 0.6) is 0 Å². The van der Waals surface area contributed by atoms with Gasteiger partial charge in [0.1, 0.15) is 11.9 Å². The number of aromatic nitrogens is 2. The van der Waals surface area contributed by atoms with E-state index in [1.807, 2.05) is 19.1 Å². The highest BCUT2D eigenvalue weighted by molar-refractivity contribution is 5.73. The summed E-state index contributed by atoms with van der Waals surface area (Å²) in [5, 5.41) is 11.0. The number of nitrogens with zero attached hydrogens (tertiary/aromatic N) is 3. The van der Waals surface area contributed by atoms with Gasteiger partial charge < -0.3 is 18.8 Å². The smallest absolute Gasteiger partial charge is 0.475 e. The zero-order valence-corrected chi connectivity index (χ0v) is 15.1. The number of halogens is 3. The van der Waals surface area contributed by atoms with Gasteiger partial charge in [0.15, 0.2) is 5.82 Å². The monoisotopic (exact) mass is 403 g/mol. The second-order valence-electron chi connectivity index (χ2n) is 6.63. The molecule has 2 saturated heterocycles. The lowest BCUT2D eigenvalue weighted by Crippen LogP contribution is -2.40. The van der Waals surface area contributed by atoms with Crippen molar-refractivity contribution in [2.24, 2.45) is 0 Å². The van der Waals surface area contributed by atoms with Crippen molar-refractivity contribution in [3.05, 3.63) is 35.9 Å². The normalized spacial score (nSPS) is 25.1. The van der Waals surface area contributed by atoms with Gasteiger partial charge in [-0.15, -0.1) is 0 Å². The first-order valence-electron chi connectivity index (χ1n) is 8.76. The van der Waals surface area contributed by atoms with E-state index in [4.69, 9.17) is 23.6 Å². The molecule has 2 aliphatic heterocycles. The quantitative estimate of drug-likeness (QED) is 0.834. The molecule has 4 heterocycles. The van der Waals surface area contributed by atoms with Crippen molar-refractivity contribution in [1.29, 1.82) is 0 Å². The van der Waals surface area contributed by atoms with Crippen molar-refractivity contribution in [1.82, 2.24) is 15.0 Å². The standard InChI is InChI=1S/C15H19N3O3.C2HF3O2/c1-10-16-15(21-17-10)14-5-4-12-13(20-14)6-7-18(12)9-11-3-2-8-19-11;3-2(4,5)1(6)7/h2-3,8,12-14H,4-7,9H2,1H3;(H,6,7)/t12-,13-,14+;/m1./s1. The third kappa shape index (κ3) is 4.90. The zero-order valence-electron chi connectivity index (χ0n) is 15.1. The van der Waals surface area contributed by atoms with Gasteiger partial charge in [-0.25, -0.2) is 4.79 Å². The number of hydrogen-bond donors (Lipinski definition) is 1. The minimum Gasteiger partial charge on any atom is -0.475 e. The Bertz CT molecular complexity index is 777. The summed E-state index contributed by atoms with van der Waals surface area (Å²) in [6.07, 6.45) is -0.0695. The predicted octanol–water partition coefficient (Wildman–Crippen LogP) is 3.10. The number of aliphatic carboxylic acids is 1. The van der Waals surface area contributed by atoms with Gasteiger partial charge in [0, 0.05) is 12.6 Å². The topological polar surface area (TPSA) is 102 Å². The van der Waals surface area contributed by atoms with Gasteiger partial charge in [0.25, 0.3) is 5.89 Å². The predicted molar refractivity (Wildman–Crippen MR) is 87.1 cm³/mol. The lowest BCUT2D eigenvalue weighted by Gasteiger charge is -2.34. The van der Waals surface area contributed by atoms with Crippen LogP contribution in [-0.4, -0.2) is 51.0 Å². The van der Waals surface area contributed by atoms with E-state index in [0.717, 1.165) is 38.1 Å². The maximum atomic E-state index is 10.6. The van der Waals surface area contributed by atoms with Gasteiger partial charge in [0.05, 0.1) is 18.9 Å². The molecular formula is C17H20F3N3O5. The Balaban J connectivity index is 0.000000279. The molecule has 0 bridgehead atoms. The van der Waals surface area contributed by atoms with Crippen LogP contribution in [0.3, 0.4) is 0 Å². The van der Waals surface area contributed by atoms with Crippen molar-refractivity contribution in [2.45, 2.75) is 57.2 Å². The fourth-order valence-electron chi connectivity index (χ4n) is 3.44. The summed E-state index contributed by atoms with van der Waals surface area (Å²) in [6.45, 7) is 3.74. The highest BCUT2D eigenvalue weighted by Gasteiger charge is 2.41. The number of likely N-dealkylation sites (tertiary alicyclic amines) is 1. The second kappa shape index (κ2) is 8.31. The molecule has 0 saturated carbocycles. The van der Waals surface area contributed by atoms with Crippen LogP contribution >= 0.6 is 0 Å². The summed E-state index contributed by atoms with van der Waals surface area (Å²) in [5.74, 6) is -0.449. The number of carbonyl (C=O) groups is 1. The summed E-state index contributed by atoms with van der Waals surface area (Å²) < 4.78 is 48.6. The van der Waals surface area contributed by atoms with Crippen LogP contribution < -0.4 is 0 Å². The van der Waals surface area contributed by atoms with Gasteiger partial charge >= 0.3 is 12.1 Å². The molecule has 2 fully saturated rings. The molecule has 1 N–H and O–H groups in total. The van der Waals surface area contributed by atoms with Crippen molar-refractivity contribution in [3.63, 3.8) is 0 Å². The number of hydrogen-bond acceptors (Lipinski definition) is 7. The Morgan fingerprint density at radius 3 is 2.68 bits per heavy atom. The number of alkyl halides is 3. The number of carboxylic acids is 1. The molecule has 154 valence electrons. The first-order valence-corrected chi connectivity index (χ1v) is 8.76. The fraction of sp³-hybridized carbons (Fsp3) is 0.588. The molecular weight excluding hydrogens is 383 g/mol. The average molecular weight is 403 g/mol. The number of furan rings is 1. The molecule has 2 aromatic rings. The maximum absolute atomic E-state index is 10.6. The molecule has 0 amide bonds. The number of rotatable bonds is 3. The largest absolute Gasteiger partial charge is 0.490 e. The number of aryl methyl sites for hydroxylation is 1. The van der Waals surface area contributed by atoms with Gasteiger partial charge in [-0.1, -0.05) is 5.16 Å². The molecule has 28 heavy (non-hydrogen) atoms. The van der Waals surface area contributed by atoms with E-state index >= 15 is 0 Å². The van der Waals surface area contributed by atoms with E-state index < -0.39 is 12.1 Å². The van der Waals surface area contributed by atoms with Crippen LogP contribution in [-0.2, 0) is 16.1 Å². The molecule has 0 aliphatic carbocycles. The minimum atomic E-state index is -5.08.